The molecule has 4 rings (SSSR count). The van der Waals surface area contributed by atoms with Gasteiger partial charge in [0.05, 0.1) is 0 Å². The second-order valence-corrected chi connectivity index (χ2v) is 5.82. The van der Waals surface area contributed by atoms with E-state index in [0.29, 0.717) is 12.1 Å². The van der Waals surface area contributed by atoms with E-state index in [1.165, 1.54) is 36.0 Å². The maximum absolute atomic E-state index is 3.86. The lowest BCUT2D eigenvalue weighted by Gasteiger charge is -2.14. The van der Waals surface area contributed by atoms with Gasteiger partial charge in [-0.05, 0) is 36.0 Å². The number of fused-ring (bicyclic) bond motifs is 1. The molecule has 2 aromatic carbocycles. The van der Waals surface area contributed by atoms with Crippen LogP contribution in [0.4, 0.5) is 0 Å². The van der Waals surface area contributed by atoms with Crippen LogP contribution in [0, 0.1) is 0 Å². The monoisotopic (exact) mass is 285 g/mol. The van der Waals surface area contributed by atoms with Gasteiger partial charge in [-0.2, -0.15) is 0 Å². The molecule has 104 valence electrons. The summed E-state index contributed by atoms with van der Waals surface area (Å²) in [5.41, 5.74) is 4.56. The number of aryl methyl sites for hydroxylation is 1. The Morgan fingerprint density at radius 2 is 1.65 bits per heavy atom. The van der Waals surface area contributed by atoms with Crippen molar-refractivity contribution in [1.82, 2.24) is 5.32 Å². The Labute approximate surface area is 126 Å². The molecule has 1 unspecified atom stereocenters. The van der Waals surface area contributed by atoms with Gasteiger partial charge in [-0.1, -0.05) is 54.6 Å². The second kappa shape index (κ2) is 5.59. The molecule has 1 nitrogen and oxygen atoms in total. The third-order valence-corrected chi connectivity index (χ3v) is 4.57. The highest BCUT2D eigenvalue weighted by Crippen LogP contribution is 2.43. The van der Waals surface area contributed by atoms with Crippen LogP contribution < -0.4 is 5.32 Å². The lowest BCUT2D eigenvalue weighted by atomic mass is 10.1. The minimum atomic E-state index is 0. The Bertz CT molecular complexity index is 581. The van der Waals surface area contributed by atoms with Crippen LogP contribution in [0.5, 0.6) is 0 Å². The van der Waals surface area contributed by atoms with E-state index < -0.39 is 0 Å². The molecule has 1 N–H and O–H groups in total. The summed E-state index contributed by atoms with van der Waals surface area (Å²) in [5, 5.41) is 3.86. The molecule has 2 aliphatic carbocycles. The quantitative estimate of drug-likeness (QED) is 0.889. The maximum Gasteiger partial charge on any atom is 0.0328 e. The Kier molecular flexibility index (Phi) is 3.82. The molecular weight excluding hydrogens is 266 g/mol. The van der Waals surface area contributed by atoms with Crippen LogP contribution in [0.15, 0.2) is 54.6 Å². The van der Waals surface area contributed by atoms with Crippen molar-refractivity contribution in [3.63, 3.8) is 0 Å². The zero-order chi connectivity index (χ0) is 12.7. The largest absolute Gasteiger partial charge is 0.307 e. The van der Waals surface area contributed by atoms with Crippen molar-refractivity contribution in [3.05, 3.63) is 71.3 Å². The van der Waals surface area contributed by atoms with Gasteiger partial charge in [0.25, 0.3) is 0 Å². The zero-order valence-electron chi connectivity index (χ0n) is 11.5. The van der Waals surface area contributed by atoms with E-state index in [-0.39, 0.29) is 12.4 Å². The highest BCUT2D eigenvalue weighted by atomic mass is 35.5. The molecular formula is C18H20ClN. The van der Waals surface area contributed by atoms with Crippen LogP contribution in [0.1, 0.15) is 41.5 Å². The molecule has 0 aromatic heterocycles. The topological polar surface area (TPSA) is 12.0 Å². The van der Waals surface area contributed by atoms with Crippen LogP contribution >= 0.6 is 12.4 Å². The Balaban J connectivity index is 0.00000121. The Hall–Kier alpha value is -1.31. The van der Waals surface area contributed by atoms with Crippen molar-refractivity contribution in [1.29, 1.82) is 0 Å². The molecule has 20 heavy (non-hydrogen) atoms. The lowest BCUT2D eigenvalue weighted by Crippen LogP contribution is -2.22. The van der Waals surface area contributed by atoms with Gasteiger partial charge in [-0.15, -0.1) is 12.4 Å². The van der Waals surface area contributed by atoms with Crippen molar-refractivity contribution in [3.8, 4) is 0 Å². The van der Waals surface area contributed by atoms with E-state index in [0.717, 1.165) is 5.92 Å². The molecule has 1 saturated carbocycles. The SMILES string of the molecule is Cl.c1ccc([C@@H]2C[C@H]2NC2CCc3ccccc32)cc1. The van der Waals surface area contributed by atoms with Crippen molar-refractivity contribution >= 4 is 12.4 Å². The fourth-order valence-corrected chi connectivity index (χ4v) is 3.44. The molecule has 3 atom stereocenters. The minimum Gasteiger partial charge on any atom is -0.307 e. The van der Waals surface area contributed by atoms with Crippen LogP contribution in [0.25, 0.3) is 0 Å². The van der Waals surface area contributed by atoms with Gasteiger partial charge in [-0.3, -0.25) is 0 Å². The highest BCUT2D eigenvalue weighted by molar-refractivity contribution is 5.85. The molecule has 0 spiro atoms. The molecule has 0 aliphatic heterocycles. The fourth-order valence-electron chi connectivity index (χ4n) is 3.44. The standard InChI is InChI=1S/C18H19N.ClH/c1-2-6-13(7-3-1)16-12-18(16)19-17-11-10-14-8-4-5-9-15(14)17;/h1-9,16-19H,10-12H2;1H/t16-,17?,18+;/m0./s1. The minimum absolute atomic E-state index is 0. The predicted molar refractivity (Wildman–Crippen MR) is 85.5 cm³/mol. The van der Waals surface area contributed by atoms with Crippen molar-refractivity contribution in [2.45, 2.75) is 37.3 Å². The molecule has 0 heterocycles. The summed E-state index contributed by atoms with van der Waals surface area (Å²) in [6.07, 6.45) is 3.79. The number of nitrogens with one attached hydrogen (secondary N) is 1. The average molecular weight is 286 g/mol. The summed E-state index contributed by atoms with van der Waals surface area (Å²) in [6.45, 7) is 0. The van der Waals surface area contributed by atoms with Gasteiger partial charge in [0.15, 0.2) is 0 Å². The van der Waals surface area contributed by atoms with Gasteiger partial charge >= 0.3 is 0 Å². The summed E-state index contributed by atoms with van der Waals surface area (Å²) in [4.78, 5) is 0. The normalized spacial score (nSPS) is 26.7. The molecule has 0 amide bonds. The molecule has 0 radical (unpaired) electrons. The molecule has 2 aromatic rings. The first-order valence-electron chi connectivity index (χ1n) is 7.30. The van der Waals surface area contributed by atoms with Crippen LogP contribution in [-0.4, -0.2) is 6.04 Å². The van der Waals surface area contributed by atoms with Crippen molar-refractivity contribution in [2.24, 2.45) is 0 Å². The first-order chi connectivity index (χ1) is 9.42. The number of hydrogen-bond acceptors (Lipinski definition) is 1. The molecule has 0 bridgehead atoms. The van der Waals surface area contributed by atoms with E-state index >= 15 is 0 Å². The zero-order valence-corrected chi connectivity index (χ0v) is 12.3. The maximum atomic E-state index is 3.86. The first kappa shape index (κ1) is 13.7. The third-order valence-electron chi connectivity index (χ3n) is 4.57. The number of benzene rings is 2. The Morgan fingerprint density at radius 1 is 0.900 bits per heavy atom. The summed E-state index contributed by atoms with van der Waals surface area (Å²) >= 11 is 0. The number of halogens is 1. The first-order valence-corrected chi connectivity index (χ1v) is 7.30. The van der Waals surface area contributed by atoms with E-state index in [1.807, 2.05) is 0 Å². The number of hydrogen-bond donors (Lipinski definition) is 1. The summed E-state index contributed by atoms with van der Waals surface area (Å²) in [5.74, 6) is 0.731. The fraction of sp³-hybridized carbons (Fsp3) is 0.333. The predicted octanol–water partition coefficient (Wildman–Crippen LogP) is 4.24. The van der Waals surface area contributed by atoms with Gasteiger partial charge in [0, 0.05) is 18.0 Å². The molecule has 0 saturated heterocycles. The van der Waals surface area contributed by atoms with E-state index in [9.17, 15) is 0 Å². The van der Waals surface area contributed by atoms with Gasteiger partial charge in [0.1, 0.15) is 0 Å². The molecule has 2 aliphatic rings. The van der Waals surface area contributed by atoms with E-state index in [4.69, 9.17) is 0 Å². The highest BCUT2D eigenvalue weighted by Gasteiger charge is 2.40. The molecule has 2 heteroatoms. The van der Waals surface area contributed by atoms with Gasteiger partial charge in [0.2, 0.25) is 0 Å². The Morgan fingerprint density at radius 3 is 2.50 bits per heavy atom. The van der Waals surface area contributed by atoms with Crippen molar-refractivity contribution in [2.75, 3.05) is 0 Å². The second-order valence-electron chi connectivity index (χ2n) is 5.82. The smallest absolute Gasteiger partial charge is 0.0328 e. The average Bonchev–Trinajstić information content (AvgIpc) is 3.13. The molecule has 1 fully saturated rings. The van der Waals surface area contributed by atoms with Gasteiger partial charge < -0.3 is 5.32 Å². The summed E-state index contributed by atoms with van der Waals surface area (Å²) in [7, 11) is 0. The van der Waals surface area contributed by atoms with E-state index in [2.05, 4.69) is 59.9 Å². The summed E-state index contributed by atoms with van der Waals surface area (Å²) < 4.78 is 0. The lowest BCUT2D eigenvalue weighted by molar-refractivity contribution is 0.521. The van der Waals surface area contributed by atoms with Gasteiger partial charge in [-0.25, -0.2) is 0 Å². The summed E-state index contributed by atoms with van der Waals surface area (Å²) in [6, 6.07) is 21.1. The third kappa shape index (κ3) is 2.48. The van der Waals surface area contributed by atoms with Crippen LogP contribution in [0.2, 0.25) is 0 Å². The van der Waals surface area contributed by atoms with Crippen molar-refractivity contribution < 1.29 is 0 Å². The van der Waals surface area contributed by atoms with Crippen LogP contribution in [0.3, 0.4) is 0 Å². The van der Waals surface area contributed by atoms with Crippen LogP contribution in [-0.2, 0) is 6.42 Å². The van der Waals surface area contributed by atoms with E-state index in [1.54, 1.807) is 0 Å². The number of rotatable bonds is 3.